The number of benzene rings is 2. The van der Waals surface area contributed by atoms with E-state index in [1.165, 1.54) is 63.5 Å². The van der Waals surface area contributed by atoms with Gasteiger partial charge in [0.25, 0.3) is 0 Å². The van der Waals surface area contributed by atoms with Crippen molar-refractivity contribution in [1.82, 2.24) is 0 Å². The van der Waals surface area contributed by atoms with Gasteiger partial charge < -0.3 is 4.74 Å². The Morgan fingerprint density at radius 3 is 2.06 bits per heavy atom. The third-order valence-electron chi connectivity index (χ3n) is 8.21. The number of ether oxygens (including phenoxy) is 1. The predicted molar refractivity (Wildman–Crippen MR) is 128 cm³/mol. The van der Waals surface area contributed by atoms with E-state index in [0.717, 1.165) is 50.3 Å². The second-order valence-corrected chi connectivity index (χ2v) is 10.4. The fourth-order valence-electron chi connectivity index (χ4n) is 6.41. The second-order valence-electron chi connectivity index (χ2n) is 10.4. The van der Waals surface area contributed by atoms with Crippen molar-refractivity contribution in [3.05, 3.63) is 53.1 Å². The van der Waals surface area contributed by atoms with Crippen molar-refractivity contribution in [1.29, 1.82) is 0 Å². The van der Waals surface area contributed by atoms with Crippen LogP contribution < -0.4 is 4.74 Å². The van der Waals surface area contributed by atoms with E-state index in [0.29, 0.717) is 11.5 Å². The molecule has 0 aliphatic heterocycles. The predicted octanol–water partition coefficient (Wildman–Crippen LogP) is 9.19. The summed E-state index contributed by atoms with van der Waals surface area (Å²) in [5, 5.41) is 0. The summed E-state index contributed by atoms with van der Waals surface area (Å²) in [6, 6.07) is 4.55. The highest BCUT2D eigenvalue weighted by atomic mass is 19.1. The Morgan fingerprint density at radius 2 is 1.41 bits per heavy atom. The molecular weight excluding hydrogens is 440 g/mol. The molecule has 0 heterocycles. The Morgan fingerprint density at radius 1 is 0.765 bits per heavy atom. The monoisotopic (exact) mass is 476 g/mol. The SMILES string of the molecule is CCCCCCC1CCC2CC(c3cc(F)c(-c4cc(F)c(OC)c(F)c4)c(F)c3)CCC2C1. The highest BCUT2D eigenvalue weighted by Crippen LogP contribution is 2.49. The maximum atomic E-state index is 15.0. The average Bonchev–Trinajstić information content (AvgIpc) is 2.81. The zero-order valence-electron chi connectivity index (χ0n) is 20.3. The largest absolute Gasteiger partial charge is 0.491 e. The molecule has 0 amide bonds. The summed E-state index contributed by atoms with van der Waals surface area (Å²) < 4.78 is 63.0. The van der Waals surface area contributed by atoms with Gasteiger partial charge in [-0.05, 0) is 91.2 Å². The summed E-state index contributed by atoms with van der Waals surface area (Å²) in [7, 11) is 1.14. The smallest absolute Gasteiger partial charge is 0.190 e. The maximum Gasteiger partial charge on any atom is 0.190 e. The highest BCUT2D eigenvalue weighted by Gasteiger charge is 2.36. The van der Waals surface area contributed by atoms with Crippen LogP contribution in [0.3, 0.4) is 0 Å². The number of rotatable bonds is 8. The number of unbranched alkanes of at least 4 members (excludes halogenated alkanes) is 3. The molecule has 5 heteroatoms. The van der Waals surface area contributed by atoms with E-state index in [2.05, 4.69) is 11.7 Å². The Balaban J connectivity index is 1.44. The number of methoxy groups -OCH3 is 1. The molecule has 4 rings (SSSR count). The summed E-state index contributed by atoms with van der Waals surface area (Å²) >= 11 is 0. The molecule has 2 aliphatic rings. The van der Waals surface area contributed by atoms with Gasteiger partial charge in [0, 0.05) is 0 Å². The van der Waals surface area contributed by atoms with Crippen LogP contribution >= 0.6 is 0 Å². The minimum atomic E-state index is -0.986. The van der Waals surface area contributed by atoms with Crippen molar-refractivity contribution in [3.8, 4) is 16.9 Å². The quantitative estimate of drug-likeness (QED) is 0.273. The van der Waals surface area contributed by atoms with E-state index in [4.69, 9.17) is 0 Å². The van der Waals surface area contributed by atoms with E-state index in [9.17, 15) is 8.78 Å². The first-order valence-corrected chi connectivity index (χ1v) is 12.9. The normalized spacial score (nSPS) is 24.6. The summed E-state index contributed by atoms with van der Waals surface area (Å²) in [6.07, 6.45) is 13.4. The average molecular weight is 477 g/mol. The molecule has 0 spiro atoms. The number of fused-ring (bicyclic) bond motifs is 1. The zero-order chi connectivity index (χ0) is 24.2. The Hall–Kier alpha value is -2.04. The molecule has 0 bridgehead atoms. The van der Waals surface area contributed by atoms with Crippen molar-refractivity contribution < 1.29 is 22.3 Å². The summed E-state index contributed by atoms with van der Waals surface area (Å²) in [6.45, 7) is 2.24. The van der Waals surface area contributed by atoms with Crippen LogP contribution in [0.1, 0.15) is 89.0 Å². The Bertz CT molecular complexity index is 942. The van der Waals surface area contributed by atoms with E-state index < -0.39 is 34.6 Å². The lowest BCUT2D eigenvalue weighted by Crippen LogP contribution is -2.30. The summed E-state index contributed by atoms with van der Waals surface area (Å²) in [5.74, 6) is -1.76. The minimum Gasteiger partial charge on any atom is -0.491 e. The summed E-state index contributed by atoms with van der Waals surface area (Å²) in [5.41, 5.74) is 0.0909. The molecule has 1 nitrogen and oxygen atoms in total. The van der Waals surface area contributed by atoms with Crippen molar-refractivity contribution in [2.24, 2.45) is 17.8 Å². The topological polar surface area (TPSA) is 9.23 Å². The molecule has 2 fully saturated rings. The van der Waals surface area contributed by atoms with Gasteiger partial charge in [-0.2, -0.15) is 0 Å². The molecule has 0 aromatic heterocycles. The number of halogens is 4. The van der Waals surface area contributed by atoms with Gasteiger partial charge in [-0.1, -0.05) is 45.4 Å². The van der Waals surface area contributed by atoms with Crippen molar-refractivity contribution in [2.75, 3.05) is 7.11 Å². The standard InChI is InChI=1S/C29H36F4O/c1-3-4-5-6-7-18-8-9-20-13-21(11-10-19(20)12-18)22-14-24(30)28(25(31)15-22)23-16-26(32)29(34-2)27(33)17-23/h14-21H,3-13H2,1-2H3. The molecule has 0 radical (unpaired) electrons. The van der Waals surface area contributed by atoms with Crippen LogP contribution in [0.2, 0.25) is 0 Å². The third kappa shape index (κ3) is 5.44. The van der Waals surface area contributed by atoms with Gasteiger partial charge in [0.15, 0.2) is 17.4 Å². The first-order valence-electron chi connectivity index (χ1n) is 12.9. The van der Waals surface area contributed by atoms with Crippen LogP contribution in [0, 0.1) is 41.0 Å². The molecule has 0 saturated heterocycles. The minimum absolute atomic E-state index is 0.129. The Kier molecular flexibility index (Phi) is 8.21. The van der Waals surface area contributed by atoms with Gasteiger partial charge in [0.1, 0.15) is 11.6 Å². The number of hydrogen-bond acceptors (Lipinski definition) is 1. The third-order valence-corrected chi connectivity index (χ3v) is 8.21. The lowest BCUT2D eigenvalue weighted by Gasteiger charge is -2.42. The molecule has 0 N–H and O–H groups in total. The van der Waals surface area contributed by atoms with E-state index in [-0.39, 0.29) is 11.5 Å². The molecule has 4 unspecified atom stereocenters. The lowest BCUT2D eigenvalue weighted by molar-refractivity contribution is 0.113. The lowest BCUT2D eigenvalue weighted by atomic mass is 9.63. The van der Waals surface area contributed by atoms with Gasteiger partial charge in [-0.15, -0.1) is 0 Å². The van der Waals surface area contributed by atoms with E-state index >= 15 is 8.78 Å². The van der Waals surface area contributed by atoms with Crippen LogP contribution in [-0.4, -0.2) is 7.11 Å². The molecular formula is C29H36F4O. The first-order chi connectivity index (χ1) is 16.4. The maximum absolute atomic E-state index is 15.0. The van der Waals surface area contributed by atoms with Crippen LogP contribution in [0.4, 0.5) is 17.6 Å². The molecule has 2 saturated carbocycles. The van der Waals surface area contributed by atoms with E-state index in [1.807, 2.05) is 0 Å². The molecule has 4 atom stereocenters. The Labute approximate surface area is 200 Å². The molecule has 2 aliphatic carbocycles. The first kappa shape index (κ1) is 25.1. The number of hydrogen-bond donors (Lipinski definition) is 0. The van der Waals surface area contributed by atoms with Crippen molar-refractivity contribution >= 4 is 0 Å². The summed E-state index contributed by atoms with van der Waals surface area (Å²) in [4.78, 5) is 0. The van der Waals surface area contributed by atoms with Gasteiger partial charge >= 0.3 is 0 Å². The second kappa shape index (κ2) is 11.1. The zero-order valence-corrected chi connectivity index (χ0v) is 20.3. The molecule has 186 valence electrons. The van der Waals surface area contributed by atoms with Crippen molar-refractivity contribution in [3.63, 3.8) is 0 Å². The van der Waals surface area contributed by atoms with Gasteiger partial charge in [0.05, 0.1) is 12.7 Å². The van der Waals surface area contributed by atoms with Gasteiger partial charge in [-0.3, -0.25) is 0 Å². The van der Waals surface area contributed by atoms with Crippen LogP contribution in [0.5, 0.6) is 5.75 Å². The highest BCUT2D eigenvalue weighted by molar-refractivity contribution is 5.66. The fraction of sp³-hybridized carbons (Fsp3) is 0.586. The molecule has 2 aromatic carbocycles. The van der Waals surface area contributed by atoms with Crippen molar-refractivity contribution in [2.45, 2.75) is 83.5 Å². The van der Waals surface area contributed by atoms with Gasteiger partial charge in [-0.25, -0.2) is 17.6 Å². The van der Waals surface area contributed by atoms with Gasteiger partial charge in [0.2, 0.25) is 0 Å². The molecule has 34 heavy (non-hydrogen) atoms. The fourth-order valence-corrected chi connectivity index (χ4v) is 6.41. The van der Waals surface area contributed by atoms with Crippen LogP contribution in [-0.2, 0) is 0 Å². The molecule has 2 aromatic rings. The van der Waals surface area contributed by atoms with E-state index in [1.54, 1.807) is 0 Å². The van der Waals surface area contributed by atoms with Crippen LogP contribution in [0.25, 0.3) is 11.1 Å². The van der Waals surface area contributed by atoms with Crippen LogP contribution in [0.15, 0.2) is 24.3 Å².